The minimum atomic E-state index is -0.902. The Morgan fingerprint density at radius 2 is 2.05 bits per heavy atom. The number of carbonyl (C=O) groups excluding carboxylic acids is 1. The topological polar surface area (TPSA) is 55.1 Å². The molecule has 2 aromatic carbocycles. The van der Waals surface area contributed by atoms with Crippen molar-refractivity contribution in [2.45, 2.75) is 18.4 Å². The van der Waals surface area contributed by atoms with Crippen LogP contribution in [0.15, 0.2) is 46.9 Å². The second-order valence-corrected chi connectivity index (χ2v) is 6.50. The predicted octanol–water partition coefficient (Wildman–Crippen LogP) is 3.84. The molecule has 0 spiro atoms. The average molecular weight is 366 g/mol. The Morgan fingerprint density at radius 3 is 2.76 bits per heavy atom. The van der Waals surface area contributed by atoms with Crippen LogP contribution in [0.2, 0.25) is 5.02 Å². The quantitative estimate of drug-likeness (QED) is 0.868. The van der Waals surface area contributed by atoms with Gasteiger partial charge in [-0.05, 0) is 48.2 Å². The minimum absolute atomic E-state index is 0.386. The van der Waals surface area contributed by atoms with E-state index in [4.69, 9.17) is 17.3 Å². The lowest BCUT2D eigenvalue weighted by Crippen LogP contribution is -2.46. The van der Waals surface area contributed by atoms with Crippen LogP contribution in [0.1, 0.15) is 17.5 Å². The maximum atomic E-state index is 12.2. The number of hydrogen-bond acceptors (Lipinski definition) is 2. The lowest BCUT2D eigenvalue weighted by Gasteiger charge is -2.30. The molecule has 2 aromatic rings. The lowest BCUT2D eigenvalue weighted by molar-refractivity contribution is -0.122. The molecule has 0 radical (unpaired) electrons. The molecule has 1 aliphatic carbocycles. The van der Waals surface area contributed by atoms with Crippen molar-refractivity contribution in [2.75, 3.05) is 5.32 Å². The van der Waals surface area contributed by atoms with Crippen LogP contribution >= 0.6 is 27.5 Å². The molecule has 1 unspecified atom stereocenters. The molecule has 1 amide bonds. The number of benzene rings is 2. The molecule has 1 atom stereocenters. The second-order valence-electron chi connectivity index (χ2n) is 5.18. The largest absolute Gasteiger partial charge is 0.367 e. The van der Waals surface area contributed by atoms with Crippen LogP contribution in [0.3, 0.4) is 0 Å². The third kappa shape index (κ3) is 2.43. The molecule has 5 heteroatoms. The number of nitrogens with one attached hydrogen (secondary N) is 1. The van der Waals surface area contributed by atoms with Gasteiger partial charge in [0.2, 0.25) is 5.91 Å². The smallest absolute Gasteiger partial charge is 0.247 e. The zero-order chi connectivity index (χ0) is 15.0. The van der Waals surface area contributed by atoms with Crippen LogP contribution in [0.25, 0.3) is 0 Å². The first-order valence-electron chi connectivity index (χ1n) is 6.64. The second kappa shape index (κ2) is 5.35. The number of hydrogen-bond donors (Lipinski definition) is 2. The van der Waals surface area contributed by atoms with Crippen molar-refractivity contribution in [3.05, 3.63) is 63.1 Å². The number of primary amides is 1. The minimum Gasteiger partial charge on any atom is -0.367 e. The number of rotatable bonds is 3. The third-order valence-electron chi connectivity index (χ3n) is 3.94. The molecule has 0 aromatic heterocycles. The van der Waals surface area contributed by atoms with Crippen molar-refractivity contribution in [1.82, 2.24) is 0 Å². The van der Waals surface area contributed by atoms with E-state index in [1.165, 1.54) is 0 Å². The van der Waals surface area contributed by atoms with E-state index in [1.807, 2.05) is 36.4 Å². The zero-order valence-electron chi connectivity index (χ0n) is 11.2. The molecular weight excluding hydrogens is 352 g/mol. The summed E-state index contributed by atoms with van der Waals surface area (Å²) >= 11 is 9.66. The molecule has 0 aliphatic heterocycles. The van der Waals surface area contributed by atoms with E-state index in [1.54, 1.807) is 6.07 Å². The summed E-state index contributed by atoms with van der Waals surface area (Å²) in [6.07, 6.45) is 1.43. The molecule has 3 N–H and O–H groups in total. The SMILES string of the molecule is NC(=O)C1(Nc2ccccc2Cl)CCc2cc(Br)ccc21. The van der Waals surface area contributed by atoms with Gasteiger partial charge in [-0.1, -0.05) is 45.7 Å². The van der Waals surface area contributed by atoms with E-state index in [0.717, 1.165) is 22.0 Å². The fourth-order valence-corrected chi connectivity index (χ4v) is 3.47. The normalized spacial score (nSPS) is 20.1. The summed E-state index contributed by atoms with van der Waals surface area (Å²) in [7, 11) is 0. The molecular formula is C16H14BrClN2O. The number of fused-ring (bicyclic) bond motifs is 1. The molecule has 0 saturated heterocycles. The van der Waals surface area contributed by atoms with Gasteiger partial charge in [-0.2, -0.15) is 0 Å². The molecule has 3 rings (SSSR count). The van der Waals surface area contributed by atoms with Gasteiger partial charge in [0.1, 0.15) is 5.54 Å². The van der Waals surface area contributed by atoms with Crippen molar-refractivity contribution in [3.8, 4) is 0 Å². The Hall–Kier alpha value is -1.52. The molecule has 0 fully saturated rings. The van der Waals surface area contributed by atoms with Gasteiger partial charge in [0, 0.05) is 4.47 Å². The molecule has 1 aliphatic rings. The van der Waals surface area contributed by atoms with Crippen LogP contribution < -0.4 is 11.1 Å². The summed E-state index contributed by atoms with van der Waals surface area (Å²) in [6.45, 7) is 0. The van der Waals surface area contributed by atoms with Gasteiger partial charge < -0.3 is 11.1 Å². The molecule has 108 valence electrons. The zero-order valence-corrected chi connectivity index (χ0v) is 13.5. The van der Waals surface area contributed by atoms with E-state index in [9.17, 15) is 4.79 Å². The van der Waals surface area contributed by atoms with Crippen LogP contribution in [0.4, 0.5) is 5.69 Å². The molecule has 21 heavy (non-hydrogen) atoms. The highest BCUT2D eigenvalue weighted by Gasteiger charge is 2.44. The van der Waals surface area contributed by atoms with Gasteiger partial charge >= 0.3 is 0 Å². The molecule has 3 nitrogen and oxygen atoms in total. The van der Waals surface area contributed by atoms with Gasteiger partial charge in [0.25, 0.3) is 0 Å². The Bertz CT molecular complexity index is 719. The van der Waals surface area contributed by atoms with E-state index < -0.39 is 5.54 Å². The summed E-state index contributed by atoms with van der Waals surface area (Å²) < 4.78 is 0.999. The van der Waals surface area contributed by atoms with E-state index in [2.05, 4.69) is 21.2 Å². The highest BCUT2D eigenvalue weighted by Crippen LogP contribution is 2.41. The Kier molecular flexibility index (Phi) is 3.68. The van der Waals surface area contributed by atoms with Crippen LogP contribution in [0.5, 0.6) is 0 Å². The highest BCUT2D eigenvalue weighted by atomic mass is 79.9. The van der Waals surface area contributed by atoms with Crippen LogP contribution in [-0.2, 0) is 16.8 Å². The standard InChI is InChI=1S/C16H14BrClN2O/c17-11-5-6-12-10(9-11)7-8-16(12,15(19)21)20-14-4-2-1-3-13(14)18/h1-6,9,20H,7-8H2,(H2,19,21). The van der Waals surface area contributed by atoms with Crippen molar-refractivity contribution < 1.29 is 4.79 Å². The fourth-order valence-electron chi connectivity index (χ4n) is 2.88. The number of para-hydroxylation sites is 1. The van der Waals surface area contributed by atoms with Crippen molar-refractivity contribution in [1.29, 1.82) is 0 Å². The van der Waals surface area contributed by atoms with Gasteiger partial charge in [-0.25, -0.2) is 0 Å². The number of anilines is 1. The Morgan fingerprint density at radius 1 is 1.29 bits per heavy atom. The predicted molar refractivity (Wildman–Crippen MR) is 88.4 cm³/mol. The summed E-state index contributed by atoms with van der Waals surface area (Å²) in [5.74, 6) is -0.386. The number of carbonyl (C=O) groups is 1. The first-order valence-corrected chi connectivity index (χ1v) is 7.81. The third-order valence-corrected chi connectivity index (χ3v) is 4.76. The maximum absolute atomic E-state index is 12.2. The monoisotopic (exact) mass is 364 g/mol. The van der Waals surface area contributed by atoms with Crippen LogP contribution in [0, 0.1) is 0 Å². The van der Waals surface area contributed by atoms with Gasteiger partial charge in [-0.3, -0.25) is 4.79 Å². The molecule has 0 heterocycles. The van der Waals surface area contributed by atoms with Crippen LogP contribution in [-0.4, -0.2) is 5.91 Å². The number of halogens is 2. The van der Waals surface area contributed by atoms with Gasteiger partial charge in [0.05, 0.1) is 10.7 Å². The van der Waals surface area contributed by atoms with E-state index >= 15 is 0 Å². The number of nitrogens with two attached hydrogens (primary N) is 1. The lowest BCUT2D eigenvalue weighted by atomic mass is 9.90. The first kappa shape index (κ1) is 14.4. The fraction of sp³-hybridized carbons (Fsp3) is 0.188. The van der Waals surface area contributed by atoms with Gasteiger partial charge in [-0.15, -0.1) is 0 Å². The van der Waals surface area contributed by atoms with Gasteiger partial charge in [0.15, 0.2) is 0 Å². The van der Waals surface area contributed by atoms with E-state index in [0.29, 0.717) is 17.1 Å². The first-order chi connectivity index (χ1) is 10.0. The van der Waals surface area contributed by atoms with Crippen molar-refractivity contribution >= 4 is 39.1 Å². The maximum Gasteiger partial charge on any atom is 0.247 e. The molecule has 0 saturated carbocycles. The summed E-state index contributed by atoms with van der Waals surface area (Å²) in [5, 5.41) is 3.85. The van der Waals surface area contributed by atoms with Crippen molar-refractivity contribution in [3.63, 3.8) is 0 Å². The Balaban J connectivity index is 2.08. The molecule has 0 bridgehead atoms. The highest BCUT2D eigenvalue weighted by molar-refractivity contribution is 9.10. The number of aryl methyl sites for hydroxylation is 1. The summed E-state index contributed by atoms with van der Waals surface area (Å²) in [6, 6.07) is 13.3. The van der Waals surface area contributed by atoms with E-state index in [-0.39, 0.29) is 5.91 Å². The summed E-state index contributed by atoms with van der Waals surface area (Å²) in [5.41, 5.74) is 7.60. The summed E-state index contributed by atoms with van der Waals surface area (Å²) in [4.78, 5) is 12.2. The average Bonchev–Trinajstić information content (AvgIpc) is 2.81. The van der Waals surface area contributed by atoms with Crippen molar-refractivity contribution in [2.24, 2.45) is 5.73 Å². The number of amides is 1. The Labute approximate surface area is 136 Å².